The smallest absolute Gasteiger partial charge is 0.142 e. The Labute approximate surface area is 86.9 Å². The Morgan fingerprint density at radius 1 is 1.36 bits per heavy atom. The molecule has 0 saturated carbocycles. The van der Waals surface area contributed by atoms with Crippen LogP contribution < -0.4 is 0 Å². The summed E-state index contributed by atoms with van der Waals surface area (Å²) in [7, 11) is 1.45. The van der Waals surface area contributed by atoms with E-state index in [0.29, 0.717) is 11.1 Å². The lowest BCUT2D eigenvalue weighted by atomic mass is 10.1. The van der Waals surface area contributed by atoms with Crippen molar-refractivity contribution in [2.75, 3.05) is 7.05 Å². The van der Waals surface area contributed by atoms with Gasteiger partial charge in [-0.05, 0) is 18.6 Å². The Morgan fingerprint density at radius 2 is 1.93 bits per heavy atom. The van der Waals surface area contributed by atoms with Crippen molar-refractivity contribution < 1.29 is 15.4 Å². The van der Waals surface area contributed by atoms with Crippen molar-refractivity contribution in [1.82, 2.24) is 5.06 Å². The summed E-state index contributed by atoms with van der Waals surface area (Å²) >= 11 is 5.67. The summed E-state index contributed by atoms with van der Waals surface area (Å²) in [5.74, 6) is -0.329. The summed E-state index contributed by atoms with van der Waals surface area (Å²) in [6.45, 7) is 1.81. The van der Waals surface area contributed by atoms with E-state index in [1.54, 1.807) is 13.0 Å². The minimum absolute atomic E-state index is 0.0816. The van der Waals surface area contributed by atoms with Gasteiger partial charge < -0.3 is 15.4 Å². The molecular formula is C9H12ClNO3. The summed E-state index contributed by atoms with van der Waals surface area (Å²) in [6.07, 6.45) is 0. The van der Waals surface area contributed by atoms with Crippen molar-refractivity contribution in [2.24, 2.45) is 0 Å². The fourth-order valence-corrected chi connectivity index (χ4v) is 1.46. The largest absolute Gasteiger partial charge is 0.506 e. The Balaban J connectivity index is 3.19. The van der Waals surface area contributed by atoms with Crippen LogP contribution >= 0.6 is 11.6 Å². The van der Waals surface area contributed by atoms with Crippen LogP contribution in [0.3, 0.4) is 0 Å². The predicted molar refractivity (Wildman–Crippen MR) is 52.8 cm³/mol. The zero-order chi connectivity index (χ0) is 10.9. The normalized spacial score (nSPS) is 10.9. The Morgan fingerprint density at radius 3 is 2.43 bits per heavy atom. The summed E-state index contributed by atoms with van der Waals surface area (Å²) in [5.41, 5.74) is 1.03. The van der Waals surface area contributed by atoms with E-state index < -0.39 is 0 Å². The van der Waals surface area contributed by atoms with Crippen LogP contribution in [0.2, 0.25) is 5.02 Å². The molecule has 0 unspecified atom stereocenters. The quantitative estimate of drug-likeness (QED) is 0.662. The monoisotopic (exact) mass is 217 g/mol. The van der Waals surface area contributed by atoms with E-state index in [4.69, 9.17) is 16.8 Å². The maximum Gasteiger partial charge on any atom is 0.142 e. The third kappa shape index (κ3) is 2.09. The average molecular weight is 218 g/mol. The van der Waals surface area contributed by atoms with Crippen molar-refractivity contribution in [2.45, 2.75) is 13.5 Å². The number of hydroxylamine groups is 2. The van der Waals surface area contributed by atoms with Gasteiger partial charge in [0.15, 0.2) is 0 Å². The number of benzene rings is 1. The van der Waals surface area contributed by atoms with E-state index in [1.165, 1.54) is 7.05 Å². The van der Waals surface area contributed by atoms with Crippen LogP contribution in [-0.4, -0.2) is 27.5 Å². The van der Waals surface area contributed by atoms with E-state index >= 15 is 0 Å². The highest BCUT2D eigenvalue weighted by Gasteiger charge is 2.13. The number of phenols is 2. The zero-order valence-corrected chi connectivity index (χ0v) is 8.71. The Hall–Kier alpha value is -0.970. The number of halogens is 1. The topological polar surface area (TPSA) is 63.9 Å². The molecule has 4 nitrogen and oxygen atoms in total. The standard InChI is InChI=1S/C9H12ClNO3/c1-5-3-6(4-11(2)14)9(13)7(10)8(5)12/h3,12-14H,4H2,1-2H3. The van der Waals surface area contributed by atoms with Gasteiger partial charge in [-0.15, -0.1) is 0 Å². The van der Waals surface area contributed by atoms with Crippen molar-refractivity contribution in [3.63, 3.8) is 0 Å². The molecule has 1 aromatic carbocycles. The van der Waals surface area contributed by atoms with Gasteiger partial charge in [0.1, 0.15) is 16.5 Å². The second-order valence-corrected chi connectivity index (χ2v) is 3.56. The summed E-state index contributed by atoms with van der Waals surface area (Å²) < 4.78 is 0. The molecule has 14 heavy (non-hydrogen) atoms. The number of aromatic hydroxyl groups is 2. The molecule has 0 heterocycles. The first-order valence-corrected chi connectivity index (χ1v) is 4.41. The second-order valence-electron chi connectivity index (χ2n) is 3.18. The Bertz CT molecular complexity index is 352. The molecule has 1 rings (SSSR count). The van der Waals surface area contributed by atoms with Gasteiger partial charge in [-0.1, -0.05) is 11.6 Å². The SMILES string of the molecule is Cc1cc(CN(C)O)c(O)c(Cl)c1O. The maximum atomic E-state index is 9.52. The molecule has 0 amide bonds. The van der Waals surface area contributed by atoms with E-state index in [9.17, 15) is 10.2 Å². The van der Waals surface area contributed by atoms with Crippen LogP contribution in [0, 0.1) is 6.92 Å². The number of nitrogens with zero attached hydrogens (tertiary/aromatic N) is 1. The molecule has 0 atom stereocenters. The third-order valence-corrected chi connectivity index (χ3v) is 2.24. The fourth-order valence-electron chi connectivity index (χ4n) is 1.19. The van der Waals surface area contributed by atoms with Crippen LogP contribution in [0.25, 0.3) is 0 Å². The summed E-state index contributed by atoms with van der Waals surface area (Å²) in [6, 6.07) is 1.57. The molecule has 3 N–H and O–H groups in total. The molecule has 0 aliphatic carbocycles. The van der Waals surface area contributed by atoms with Crippen molar-refractivity contribution >= 4 is 11.6 Å². The average Bonchev–Trinajstić information content (AvgIpc) is 2.10. The molecule has 0 saturated heterocycles. The van der Waals surface area contributed by atoms with Gasteiger partial charge in [-0.2, -0.15) is 5.06 Å². The molecule has 0 fully saturated rings. The van der Waals surface area contributed by atoms with Crippen molar-refractivity contribution in [3.8, 4) is 11.5 Å². The van der Waals surface area contributed by atoms with E-state index in [1.807, 2.05) is 0 Å². The lowest BCUT2D eigenvalue weighted by Gasteiger charge is -2.13. The van der Waals surface area contributed by atoms with E-state index in [0.717, 1.165) is 5.06 Å². The predicted octanol–water partition coefficient (Wildman–Crippen LogP) is 1.88. The summed E-state index contributed by atoms with van der Waals surface area (Å²) in [5, 5.41) is 28.7. The molecule has 0 aromatic heterocycles. The number of rotatable bonds is 2. The number of aryl methyl sites for hydroxylation is 1. The first kappa shape index (κ1) is 11.1. The van der Waals surface area contributed by atoms with Gasteiger partial charge in [-0.25, -0.2) is 0 Å². The third-order valence-electron chi connectivity index (χ3n) is 1.88. The lowest BCUT2D eigenvalue weighted by molar-refractivity contribution is -0.0735. The highest BCUT2D eigenvalue weighted by atomic mass is 35.5. The number of hydrogen-bond acceptors (Lipinski definition) is 4. The van der Waals surface area contributed by atoms with Crippen LogP contribution in [0.1, 0.15) is 11.1 Å². The lowest BCUT2D eigenvalue weighted by Crippen LogP contribution is -2.11. The van der Waals surface area contributed by atoms with Gasteiger partial charge in [0, 0.05) is 12.6 Å². The zero-order valence-electron chi connectivity index (χ0n) is 7.95. The molecule has 5 heteroatoms. The van der Waals surface area contributed by atoms with Gasteiger partial charge in [-0.3, -0.25) is 0 Å². The van der Waals surface area contributed by atoms with Crippen LogP contribution in [0.5, 0.6) is 11.5 Å². The highest BCUT2D eigenvalue weighted by Crippen LogP contribution is 2.38. The fraction of sp³-hybridized carbons (Fsp3) is 0.333. The molecule has 1 aromatic rings. The van der Waals surface area contributed by atoms with Crippen LogP contribution in [0.15, 0.2) is 6.07 Å². The van der Waals surface area contributed by atoms with Gasteiger partial charge in [0.25, 0.3) is 0 Å². The van der Waals surface area contributed by atoms with Crippen molar-refractivity contribution in [3.05, 3.63) is 22.2 Å². The van der Waals surface area contributed by atoms with E-state index in [2.05, 4.69) is 0 Å². The first-order valence-electron chi connectivity index (χ1n) is 4.03. The van der Waals surface area contributed by atoms with Gasteiger partial charge >= 0.3 is 0 Å². The molecule has 0 radical (unpaired) electrons. The maximum absolute atomic E-state index is 9.52. The first-order chi connectivity index (χ1) is 6.43. The van der Waals surface area contributed by atoms with Crippen LogP contribution in [-0.2, 0) is 6.54 Å². The molecule has 0 spiro atoms. The summed E-state index contributed by atoms with van der Waals surface area (Å²) in [4.78, 5) is 0. The molecule has 0 aliphatic rings. The molecular weight excluding hydrogens is 206 g/mol. The Kier molecular flexibility index (Phi) is 3.21. The number of phenolic OH excluding ortho intramolecular Hbond substituents is 2. The minimum Gasteiger partial charge on any atom is -0.506 e. The van der Waals surface area contributed by atoms with Gasteiger partial charge in [0.2, 0.25) is 0 Å². The molecule has 0 bridgehead atoms. The highest BCUT2D eigenvalue weighted by molar-refractivity contribution is 6.33. The van der Waals surface area contributed by atoms with Crippen LogP contribution in [0.4, 0.5) is 0 Å². The minimum atomic E-state index is -0.198. The molecule has 78 valence electrons. The van der Waals surface area contributed by atoms with Gasteiger partial charge in [0.05, 0.1) is 6.54 Å². The van der Waals surface area contributed by atoms with E-state index in [-0.39, 0.29) is 23.1 Å². The number of hydrogen-bond donors (Lipinski definition) is 3. The second kappa shape index (κ2) is 4.04. The molecule has 0 aliphatic heterocycles. The van der Waals surface area contributed by atoms with Crippen molar-refractivity contribution in [1.29, 1.82) is 0 Å².